The van der Waals surface area contributed by atoms with E-state index in [1.54, 1.807) is 18.0 Å². The van der Waals surface area contributed by atoms with Gasteiger partial charge in [0.15, 0.2) is 5.82 Å². The van der Waals surface area contributed by atoms with Crippen molar-refractivity contribution in [3.05, 3.63) is 30.5 Å². The Morgan fingerprint density at radius 1 is 1.29 bits per heavy atom. The first-order valence-electron chi connectivity index (χ1n) is 4.12. The Labute approximate surface area is 81.1 Å². The van der Waals surface area contributed by atoms with Gasteiger partial charge in [0.05, 0.1) is 19.0 Å². The van der Waals surface area contributed by atoms with Crippen LogP contribution < -0.4 is 10.5 Å². The van der Waals surface area contributed by atoms with E-state index in [1.807, 2.05) is 24.3 Å². The van der Waals surface area contributed by atoms with Gasteiger partial charge >= 0.3 is 0 Å². The molecule has 0 aliphatic rings. The van der Waals surface area contributed by atoms with Crippen LogP contribution in [0.5, 0.6) is 5.75 Å². The van der Waals surface area contributed by atoms with Gasteiger partial charge in [-0.1, -0.05) is 5.21 Å². The molecule has 0 radical (unpaired) electrons. The summed E-state index contributed by atoms with van der Waals surface area (Å²) in [5, 5.41) is 7.54. The fraction of sp³-hybridized carbons (Fsp3) is 0.111. The summed E-state index contributed by atoms with van der Waals surface area (Å²) in [7, 11) is 1.63. The van der Waals surface area contributed by atoms with Gasteiger partial charge < -0.3 is 10.5 Å². The lowest BCUT2D eigenvalue weighted by atomic mass is 10.3. The van der Waals surface area contributed by atoms with Crippen LogP contribution in [0.15, 0.2) is 30.5 Å². The van der Waals surface area contributed by atoms with Crippen LogP contribution in [0.3, 0.4) is 0 Å². The molecule has 14 heavy (non-hydrogen) atoms. The highest BCUT2D eigenvalue weighted by atomic mass is 16.5. The number of nitrogens with two attached hydrogens (primary N) is 1. The molecule has 72 valence electrons. The maximum atomic E-state index is 5.45. The first-order chi connectivity index (χ1) is 6.79. The standard InChI is InChI=1S/C9H10N4O/c1-14-8-4-2-7(3-5-8)13-6-9(10)11-12-13/h2-6H,10H2,1H3. The van der Waals surface area contributed by atoms with E-state index in [2.05, 4.69) is 10.3 Å². The Bertz CT molecular complexity index is 421. The van der Waals surface area contributed by atoms with E-state index in [-0.39, 0.29) is 0 Å². The van der Waals surface area contributed by atoms with E-state index in [0.717, 1.165) is 11.4 Å². The average molecular weight is 190 g/mol. The zero-order chi connectivity index (χ0) is 9.97. The number of hydrogen-bond donors (Lipinski definition) is 1. The highest BCUT2D eigenvalue weighted by molar-refractivity contribution is 5.38. The predicted molar refractivity (Wildman–Crippen MR) is 52.3 cm³/mol. The van der Waals surface area contributed by atoms with E-state index < -0.39 is 0 Å². The van der Waals surface area contributed by atoms with Gasteiger partial charge in [0.2, 0.25) is 0 Å². The van der Waals surface area contributed by atoms with Crippen molar-refractivity contribution in [3.8, 4) is 11.4 Å². The number of aromatic nitrogens is 3. The summed E-state index contributed by atoms with van der Waals surface area (Å²) in [6, 6.07) is 7.47. The minimum atomic E-state index is 0.404. The molecule has 2 aromatic rings. The largest absolute Gasteiger partial charge is 0.497 e. The lowest BCUT2D eigenvalue weighted by Gasteiger charge is -2.01. The molecule has 0 spiro atoms. The second kappa shape index (κ2) is 3.37. The van der Waals surface area contributed by atoms with Crippen LogP contribution in [0, 0.1) is 0 Å². The number of nitrogens with zero attached hydrogens (tertiary/aromatic N) is 3. The Kier molecular flexibility index (Phi) is 2.06. The molecular formula is C9H10N4O. The predicted octanol–water partition coefficient (Wildman–Crippen LogP) is 0.858. The van der Waals surface area contributed by atoms with Crippen molar-refractivity contribution in [3.63, 3.8) is 0 Å². The summed E-state index contributed by atoms with van der Waals surface area (Å²) in [5.74, 6) is 1.21. The van der Waals surface area contributed by atoms with Crippen LogP contribution in [0.25, 0.3) is 5.69 Å². The van der Waals surface area contributed by atoms with Crippen LogP contribution in [0.4, 0.5) is 5.82 Å². The molecule has 5 nitrogen and oxygen atoms in total. The van der Waals surface area contributed by atoms with Crippen LogP contribution in [0.2, 0.25) is 0 Å². The molecule has 2 rings (SSSR count). The van der Waals surface area contributed by atoms with Crippen molar-refractivity contribution in [2.24, 2.45) is 0 Å². The Hall–Kier alpha value is -2.04. The molecule has 0 saturated carbocycles. The van der Waals surface area contributed by atoms with Crippen LogP contribution in [0.1, 0.15) is 0 Å². The Balaban J connectivity index is 2.33. The molecule has 0 unspecified atom stereocenters. The summed E-state index contributed by atoms with van der Waals surface area (Å²) in [6.45, 7) is 0. The molecule has 0 aliphatic heterocycles. The summed E-state index contributed by atoms with van der Waals surface area (Å²) < 4.78 is 6.65. The lowest BCUT2D eigenvalue weighted by Crippen LogP contribution is -1.94. The Morgan fingerprint density at radius 2 is 2.00 bits per heavy atom. The molecule has 1 aromatic heterocycles. The molecular weight excluding hydrogens is 180 g/mol. The smallest absolute Gasteiger partial charge is 0.166 e. The summed E-state index contributed by atoms with van der Waals surface area (Å²) in [6.07, 6.45) is 1.65. The minimum Gasteiger partial charge on any atom is -0.497 e. The van der Waals surface area contributed by atoms with E-state index in [1.165, 1.54) is 0 Å². The van der Waals surface area contributed by atoms with Crippen molar-refractivity contribution < 1.29 is 4.74 Å². The van der Waals surface area contributed by atoms with Crippen molar-refractivity contribution >= 4 is 5.82 Å². The first kappa shape index (κ1) is 8.55. The molecule has 2 N–H and O–H groups in total. The number of ether oxygens (including phenoxy) is 1. The number of anilines is 1. The topological polar surface area (TPSA) is 66.0 Å². The number of benzene rings is 1. The van der Waals surface area contributed by atoms with Crippen LogP contribution in [-0.4, -0.2) is 22.1 Å². The zero-order valence-corrected chi connectivity index (χ0v) is 7.71. The third-order valence-electron chi connectivity index (χ3n) is 1.85. The fourth-order valence-corrected chi connectivity index (χ4v) is 1.14. The second-order valence-electron chi connectivity index (χ2n) is 2.79. The highest BCUT2D eigenvalue weighted by Crippen LogP contribution is 2.14. The quantitative estimate of drug-likeness (QED) is 0.762. The van der Waals surface area contributed by atoms with Gasteiger partial charge in [0.1, 0.15) is 5.75 Å². The van der Waals surface area contributed by atoms with E-state index >= 15 is 0 Å². The molecule has 0 bridgehead atoms. The van der Waals surface area contributed by atoms with Crippen molar-refractivity contribution in [2.75, 3.05) is 12.8 Å². The van der Waals surface area contributed by atoms with Crippen molar-refractivity contribution in [1.82, 2.24) is 15.0 Å². The van der Waals surface area contributed by atoms with Crippen molar-refractivity contribution in [1.29, 1.82) is 0 Å². The normalized spacial score (nSPS) is 10.1. The fourth-order valence-electron chi connectivity index (χ4n) is 1.14. The molecule has 1 aromatic carbocycles. The van der Waals surface area contributed by atoms with Gasteiger partial charge in [-0.25, -0.2) is 4.68 Å². The number of hydrogen-bond acceptors (Lipinski definition) is 4. The first-order valence-corrected chi connectivity index (χ1v) is 4.12. The molecule has 0 amide bonds. The number of nitrogen functional groups attached to an aromatic ring is 1. The monoisotopic (exact) mass is 190 g/mol. The van der Waals surface area contributed by atoms with Gasteiger partial charge in [-0.15, -0.1) is 5.10 Å². The SMILES string of the molecule is COc1ccc(-n2cc(N)nn2)cc1. The maximum Gasteiger partial charge on any atom is 0.166 e. The van der Waals surface area contributed by atoms with Gasteiger partial charge in [-0.05, 0) is 24.3 Å². The molecule has 5 heteroatoms. The molecule has 0 atom stereocenters. The van der Waals surface area contributed by atoms with Gasteiger partial charge in [-0.2, -0.15) is 0 Å². The number of methoxy groups -OCH3 is 1. The maximum absolute atomic E-state index is 5.45. The average Bonchev–Trinajstić information content (AvgIpc) is 2.65. The van der Waals surface area contributed by atoms with Gasteiger partial charge in [0, 0.05) is 0 Å². The van der Waals surface area contributed by atoms with Gasteiger partial charge in [-0.3, -0.25) is 0 Å². The van der Waals surface area contributed by atoms with E-state index in [0.29, 0.717) is 5.82 Å². The number of rotatable bonds is 2. The molecule has 0 fully saturated rings. The minimum absolute atomic E-state index is 0.404. The van der Waals surface area contributed by atoms with Crippen molar-refractivity contribution in [2.45, 2.75) is 0 Å². The van der Waals surface area contributed by atoms with Gasteiger partial charge in [0.25, 0.3) is 0 Å². The summed E-state index contributed by atoms with van der Waals surface area (Å²) in [5.41, 5.74) is 6.35. The zero-order valence-electron chi connectivity index (χ0n) is 7.71. The highest BCUT2D eigenvalue weighted by Gasteiger charge is 1.99. The van der Waals surface area contributed by atoms with E-state index in [9.17, 15) is 0 Å². The lowest BCUT2D eigenvalue weighted by molar-refractivity contribution is 0.414. The van der Waals surface area contributed by atoms with Crippen LogP contribution >= 0.6 is 0 Å². The third-order valence-corrected chi connectivity index (χ3v) is 1.85. The molecule has 0 aliphatic carbocycles. The molecule has 1 heterocycles. The van der Waals surface area contributed by atoms with E-state index in [4.69, 9.17) is 10.5 Å². The summed E-state index contributed by atoms with van der Waals surface area (Å²) in [4.78, 5) is 0. The third kappa shape index (κ3) is 1.52. The Morgan fingerprint density at radius 3 is 2.50 bits per heavy atom. The molecule has 0 saturated heterocycles. The van der Waals surface area contributed by atoms with Crippen LogP contribution in [-0.2, 0) is 0 Å². The summed E-state index contributed by atoms with van der Waals surface area (Å²) >= 11 is 0. The second-order valence-corrected chi connectivity index (χ2v) is 2.79.